The quantitative estimate of drug-likeness (QED) is 0.597. The van der Waals surface area contributed by atoms with Crippen molar-refractivity contribution in [2.45, 2.75) is 51.5 Å². The van der Waals surface area contributed by atoms with Crippen LogP contribution in [0.2, 0.25) is 39.3 Å². The van der Waals surface area contributed by atoms with Crippen LogP contribution in [-0.2, 0) is 4.79 Å². The summed E-state index contributed by atoms with van der Waals surface area (Å²) >= 11 is 0. The molecule has 2 atom stereocenters. The van der Waals surface area contributed by atoms with E-state index in [4.69, 9.17) is 0 Å². The molecule has 30 heavy (non-hydrogen) atoms. The predicted molar refractivity (Wildman–Crippen MR) is 129 cm³/mol. The van der Waals surface area contributed by atoms with Gasteiger partial charge >= 0.3 is 0 Å². The molecule has 0 aliphatic heterocycles. The highest BCUT2D eigenvalue weighted by molar-refractivity contribution is 6.94. The van der Waals surface area contributed by atoms with E-state index in [-0.39, 0.29) is 5.78 Å². The lowest BCUT2D eigenvalue weighted by molar-refractivity contribution is -0.111. The zero-order valence-electron chi connectivity index (χ0n) is 18.7. The number of benzene rings is 2. The van der Waals surface area contributed by atoms with Crippen molar-refractivity contribution in [3.63, 3.8) is 0 Å². The van der Waals surface area contributed by atoms with E-state index in [0.29, 0.717) is 11.1 Å². The standard InChI is InChI=1S/C25H32O3Si2/c1-29(2,3)24-19(21(26)17-13-9-7-10-14-17)20(25(23(24)28)30(4,5)6)22(27)18-15-11-8-12-16-18/h7-16,21-22,26-27H,1-6H3/t21-,22-/m0/s1. The molecule has 2 N–H and O–H groups in total. The van der Waals surface area contributed by atoms with Gasteiger partial charge in [0.2, 0.25) is 0 Å². The maximum absolute atomic E-state index is 13.8. The fourth-order valence-corrected chi connectivity index (χ4v) is 8.20. The average Bonchev–Trinajstić information content (AvgIpc) is 3.01. The smallest absolute Gasteiger partial charge is 0.177 e. The minimum Gasteiger partial charge on any atom is -0.384 e. The number of hydrogen-bond acceptors (Lipinski definition) is 3. The van der Waals surface area contributed by atoms with Crippen molar-refractivity contribution >= 4 is 21.9 Å². The van der Waals surface area contributed by atoms with Crippen molar-refractivity contribution in [3.8, 4) is 0 Å². The zero-order valence-corrected chi connectivity index (χ0v) is 20.7. The Balaban J connectivity index is 2.33. The summed E-state index contributed by atoms with van der Waals surface area (Å²) in [7, 11) is -4.23. The second kappa shape index (κ2) is 8.23. The van der Waals surface area contributed by atoms with E-state index in [0.717, 1.165) is 21.5 Å². The molecule has 158 valence electrons. The molecule has 5 heteroatoms. The van der Waals surface area contributed by atoms with Crippen LogP contribution in [0.15, 0.2) is 82.2 Å². The maximum Gasteiger partial charge on any atom is 0.177 e. The molecule has 0 spiro atoms. The largest absolute Gasteiger partial charge is 0.384 e. The molecule has 0 radical (unpaired) electrons. The van der Waals surface area contributed by atoms with E-state index in [9.17, 15) is 15.0 Å². The van der Waals surface area contributed by atoms with Gasteiger partial charge in [0, 0.05) is 0 Å². The Hall–Kier alpha value is -2.06. The monoisotopic (exact) mass is 436 g/mol. The SMILES string of the molecule is C[Si](C)(C)C1=C([C@@H](O)c2ccccc2)C([C@@H](O)c2ccccc2)=C([Si](C)(C)C)C1=O. The summed E-state index contributed by atoms with van der Waals surface area (Å²) in [5.74, 6) is 0.0447. The molecule has 2 aromatic carbocycles. The molecule has 0 bridgehead atoms. The number of aliphatic hydroxyl groups is 2. The lowest BCUT2D eigenvalue weighted by Crippen LogP contribution is -2.35. The fourth-order valence-electron chi connectivity index (χ4n) is 4.30. The highest BCUT2D eigenvalue weighted by Crippen LogP contribution is 2.48. The number of rotatable bonds is 6. The van der Waals surface area contributed by atoms with Gasteiger partial charge in [0.05, 0.1) is 16.1 Å². The first-order valence-corrected chi connectivity index (χ1v) is 17.4. The Morgan fingerprint density at radius 1 is 0.600 bits per heavy atom. The number of hydrogen-bond donors (Lipinski definition) is 2. The van der Waals surface area contributed by atoms with Crippen LogP contribution >= 0.6 is 0 Å². The molecule has 1 aliphatic carbocycles. The van der Waals surface area contributed by atoms with Gasteiger partial charge in [0.25, 0.3) is 0 Å². The molecule has 3 nitrogen and oxygen atoms in total. The summed E-state index contributed by atoms with van der Waals surface area (Å²) < 4.78 is 0. The summed E-state index contributed by atoms with van der Waals surface area (Å²) in [5.41, 5.74) is 2.76. The molecular formula is C25H32O3Si2. The van der Waals surface area contributed by atoms with Crippen molar-refractivity contribution in [1.29, 1.82) is 0 Å². The van der Waals surface area contributed by atoms with E-state index in [1.165, 1.54) is 0 Å². The van der Waals surface area contributed by atoms with Gasteiger partial charge in [-0.1, -0.05) is 99.9 Å². The predicted octanol–water partition coefficient (Wildman–Crippen LogP) is 5.38. The molecule has 1 aliphatic rings. The van der Waals surface area contributed by atoms with Crippen molar-refractivity contribution in [1.82, 2.24) is 0 Å². The highest BCUT2D eigenvalue weighted by Gasteiger charge is 2.47. The summed E-state index contributed by atoms with van der Waals surface area (Å²) in [4.78, 5) is 13.8. The van der Waals surface area contributed by atoms with Gasteiger partial charge in [-0.25, -0.2) is 0 Å². The van der Waals surface area contributed by atoms with Crippen LogP contribution in [0.4, 0.5) is 0 Å². The van der Waals surface area contributed by atoms with Crippen LogP contribution in [0.25, 0.3) is 0 Å². The summed E-state index contributed by atoms with van der Waals surface area (Å²) in [6.07, 6.45) is -1.89. The van der Waals surface area contributed by atoms with Gasteiger partial charge in [-0.3, -0.25) is 4.79 Å². The van der Waals surface area contributed by atoms with Crippen LogP contribution in [0.3, 0.4) is 0 Å². The van der Waals surface area contributed by atoms with E-state index >= 15 is 0 Å². The molecule has 0 unspecified atom stereocenters. The molecule has 0 aromatic heterocycles. The first kappa shape index (κ1) is 22.6. The number of carbonyl (C=O) groups is 1. The van der Waals surface area contributed by atoms with Gasteiger partial charge in [-0.15, -0.1) is 0 Å². The first-order chi connectivity index (χ1) is 13.9. The Morgan fingerprint density at radius 2 is 0.900 bits per heavy atom. The third-order valence-corrected chi connectivity index (χ3v) is 9.55. The van der Waals surface area contributed by atoms with Crippen molar-refractivity contribution in [2.75, 3.05) is 0 Å². The molecular weight excluding hydrogens is 404 g/mol. The molecule has 0 amide bonds. The molecule has 3 rings (SSSR count). The second-order valence-electron chi connectivity index (χ2n) is 10.0. The molecule has 0 saturated carbocycles. The van der Waals surface area contributed by atoms with Gasteiger partial charge in [0.15, 0.2) is 5.78 Å². The average molecular weight is 437 g/mol. The fraction of sp³-hybridized carbons (Fsp3) is 0.320. The van der Waals surface area contributed by atoms with Crippen molar-refractivity contribution < 1.29 is 15.0 Å². The summed E-state index contributed by atoms with van der Waals surface area (Å²) in [5, 5.41) is 24.5. The number of Topliss-reactive ketones (excluding diaryl/α,β-unsaturated/α-hetero) is 1. The van der Waals surface area contributed by atoms with Crippen LogP contribution < -0.4 is 0 Å². The lowest BCUT2D eigenvalue weighted by Gasteiger charge is -2.26. The minimum atomic E-state index is -2.12. The normalized spacial score (nSPS) is 17.5. The highest BCUT2D eigenvalue weighted by atomic mass is 28.3. The lowest BCUT2D eigenvalue weighted by atomic mass is 9.91. The van der Waals surface area contributed by atoms with E-state index in [1.807, 2.05) is 60.7 Å². The van der Waals surface area contributed by atoms with Gasteiger partial charge in [-0.2, -0.15) is 0 Å². The summed E-state index contributed by atoms with van der Waals surface area (Å²) in [6, 6.07) is 18.9. The second-order valence-corrected chi connectivity index (χ2v) is 20.0. The van der Waals surface area contributed by atoms with Crippen LogP contribution in [-0.4, -0.2) is 32.1 Å². The molecule has 0 fully saturated rings. The Morgan fingerprint density at radius 3 is 1.17 bits per heavy atom. The van der Waals surface area contributed by atoms with Gasteiger partial charge in [-0.05, 0) is 32.7 Å². The van der Waals surface area contributed by atoms with Crippen LogP contribution in [0, 0.1) is 0 Å². The minimum absolute atomic E-state index is 0.0447. The van der Waals surface area contributed by atoms with Gasteiger partial charge < -0.3 is 10.2 Å². The van der Waals surface area contributed by atoms with Crippen molar-refractivity contribution in [3.05, 3.63) is 93.3 Å². The maximum atomic E-state index is 13.8. The molecule has 0 heterocycles. The first-order valence-electron chi connectivity index (χ1n) is 10.4. The zero-order chi connectivity index (χ0) is 22.3. The van der Waals surface area contributed by atoms with Crippen LogP contribution in [0.1, 0.15) is 23.3 Å². The third kappa shape index (κ3) is 4.21. The van der Waals surface area contributed by atoms with E-state index < -0.39 is 28.4 Å². The summed E-state index contributed by atoms with van der Waals surface area (Å²) in [6.45, 7) is 12.8. The van der Waals surface area contributed by atoms with Gasteiger partial charge in [0.1, 0.15) is 12.2 Å². The number of aliphatic hydroxyl groups excluding tert-OH is 2. The number of carbonyl (C=O) groups excluding carboxylic acids is 1. The van der Waals surface area contributed by atoms with E-state index in [1.54, 1.807) is 0 Å². The topological polar surface area (TPSA) is 57.5 Å². The Labute approximate surface area is 181 Å². The molecule has 2 aromatic rings. The van der Waals surface area contributed by atoms with Crippen molar-refractivity contribution in [2.24, 2.45) is 0 Å². The third-order valence-electron chi connectivity index (χ3n) is 5.56. The number of ketones is 1. The Bertz CT molecular complexity index is 913. The van der Waals surface area contributed by atoms with Crippen LogP contribution in [0.5, 0.6) is 0 Å². The van der Waals surface area contributed by atoms with E-state index in [2.05, 4.69) is 39.3 Å². The Kier molecular flexibility index (Phi) is 6.21. The molecule has 0 saturated heterocycles. The number of allylic oxidation sites excluding steroid dienone is 2.